The molecule has 40 heavy (non-hydrogen) atoms. The van der Waals surface area contributed by atoms with Crippen LogP contribution < -0.4 is 24.4 Å². The van der Waals surface area contributed by atoms with Crippen LogP contribution in [0.15, 0.2) is 83.1 Å². The third kappa shape index (κ3) is 7.82. The van der Waals surface area contributed by atoms with Crippen molar-refractivity contribution in [3.05, 3.63) is 83.8 Å². The van der Waals surface area contributed by atoms with Gasteiger partial charge in [0, 0.05) is 18.5 Å². The Hall–Kier alpha value is -3.91. The topological polar surface area (TPSA) is 143 Å². The van der Waals surface area contributed by atoms with Crippen molar-refractivity contribution in [3.8, 4) is 5.75 Å². The summed E-state index contributed by atoms with van der Waals surface area (Å²) in [5.41, 5.74) is 1.74. The van der Waals surface area contributed by atoms with Gasteiger partial charge in [-0.1, -0.05) is 42.5 Å². The average Bonchev–Trinajstić information content (AvgIpc) is 2.96. The van der Waals surface area contributed by atoms with Crippen molar-refractivity contribution in [2.75, 3.05) is 54.9 Å². The molecule has 0 spiro atoms. The van der Waals surface area contributed by atoms with Crippen molar-refractivity contribution in [1.82, 2.24) is 4.72 Å². The summed E-state index contributed by atoms with van der Waals surface area (Å²) in [6, 6.07) is 19.8. The van der Waals surface area contributed by atoms with Crippen LogP contribution in [0.1, 0.15) is 5.56 Å². The minimum atomic E-state index is -4.07. The lowest BCUT2D eigenvalue weighted by atomic mass is 10.2. The second kappa shape index (κ2) is 13.0. The predicted octanol–water partition coefficient (Wildman–Crippen LogP) is 2.86. The number of hydrogen-bond donors (Lipinski definition) is 3. The van der Waals surface area contributed by atoms with E-state index >= 15 is 0 Å². The van der Waals surface area contributed by atoms with Gasteiger partial charge in [-0.25, -0.2) is 21.6 Å². The first-order valence-corrected chi connectivity index (χ1v) is 15.3. The second-order valence-corrected chi connectivity index (χ2v) is 12.0. The highest BCUT2D eigenvalue weighted by molar-refractivity contribution is 7.93. The number of carbonyl (C=O) groups is 1. The van der Waals surface area contributed by atoms with E-state index in [1.165, 1.54) is 25.3 Å². The molecule has 11 nitrogen and oxygen atoms in total. The molecule has 3 aromatic rings. The third-order valence-electron chi connectivity index (χ3n) is 5.93. The maximum absolute atomic E-state index is 13.2. The first kappa shape index (κ1) is 29.1. The number of sulfonamides is 2. The zero-order valence-corrected chi connectivity index (χ0v) is 23.4. The monoisotopic (exact) mass is 586 g/mol. The maximum Gasteiger partial charge on any atom is 0.262 e. The van der Waals surface area contributed by atoms with Crippen LogP contribution in [0.3, 0.4) is 0 Å². The SMILES string of the molecule is COc1ccccc1NS(=O)(=O)c1ccc(N2CCOCC2)c(NC(=O)CNS(=O)(=O)C=Cc2ccccc2)c1. The molecule has 0 unspecified atom stereocenters. The molecule has 212 valence electrons. The van der Waals surface area contributed by atoms with Gasteiger partial charge in [0.05, 0.1) is 48.8 Å². The maximum atomic E-state index is 13.2. The fourth-order valence-electron chi connectivity index (χ4n) is 3.94. The molecule has 0 aliphatic carbocycles. The highest BCUT2D eigenvalue weighted by Crippen LogP contribution is 2.32. The molecular weight excluding hydrogens is 556 g/mol. The molecule has 0 atom stereocenters. The smallest absolute Gasteiger partial charge is 0.262 e. The molecule has 3 aromatic carbocycles. The first-order chi connectivity index (χ1) is 19.2. The summed E-state index contributed by atoms with van der Waals surface area (Å²) in [4.78, 5) is 14.7. The Balaban J connectivity index is 1.53. The summed E-state index contributed by atoms with van der Waals surface area (Å²) in [6.45, 7) is 1.45. The summed E-state index contributed by atoms with van der Waals surface area (Å²) in [5, 5.41) is 3.64. The molecule has 1 saturated heterocycles. The number of nitrogens with one attached hydrogen (secondary N) is 3. The lowest BCUT2D eigenvalue weighted by Crippen LogP contribution is -2.37. The van der Waals surface area contributed by atoms with E-state index < -0.39 is 32.5 Å². The minimum absolute atomic E-state index is 0.0999. The molecule has 0 saturated carbocycles. The Kier molecular flexibility index (Phi) is 9.42. The van der Waals surface area contributed by atoms with Gasteiger partial charge in [-0.3, -0.25) is 9.52 Å². The third-order valence-corrected chi connectivity index (χ3v) is 8.33. The van der Waals surface area contributed by atoms with Crippen molar-refractivity contribution < 1.29 is 31.1 Å². The Morgan fingerprint density at radius 2 is 1.65 bits per heavy atom. The van der Waals surface area contributed by atoms with Crippen molar-refractivity contribution in [2.24, 2.45) is 0 Å². The van der Waals surface area contributed by atoms with E-state index in [1.54, 1.807) is 54.6 Å². The Bertz CT molecular complexity index is 1570. The Labute approximate surface area is 233 Å². The van der Waals surface area contributed by atoms with Crippen LogP contribution in [-0.4, -0.2) is 62.7 Å². The molecule has 1 heterocycles. The fourth-order valence-corrected chi connectivity index (χ4v) is 5.80. The van der Waals surface area contributed by atoms with E-state index in [9.17, 15) is 21.6 Å². The zero-order chi connectivity index (χ0) is 28.6. The Morgan fingerprint density at radius 1 is 0.950 bits per heavy atom. The highest BCUT2D eigenvalue weighted by Gasteiger charge is 2.22. The van der Waals surface area contributed by atoms with Gasteiger partial charge in [-0.15, -0.1) is 0 Å². The summed E-state index contributed by atoms with van der Waals surface area (Å²) >= 11 is 0. The standard InChI is InChI=1S/C27H30N4O7S2/c1-37-26-10-6-5-9-23(26)30-40(35,36)22-11-12-25(31-14-16-38-17-15-31)24(19-22)29-27(32)20-28-39(33,34)18-13-21-7-3-2-4-8-21/h2-13,18-19,28,30H,14-17,20H2,1H3,(H,29,32). The first-order valence-electron chi connectivity index (χ1n) is 12.3. The molecule has 3 N–H and O–H groups in total. The molecule has 1 amide bonds. The normalized spacial score (nSPS) is 14.2. The van der Waals surface area contributed by atoms with Gasteiger partial charge in [-0.2, -0.15) is 0 Å². The zero-order valence-electron chi connectivity index (χ0n) is 21.7. The van der Waals surface area contributed by atoms with Crippen molar-refractivity contribution in [3.63, 3.8) is 0 Å². The van der Waals surface area contributed by atoms with E-state index in [1.807, 2.05) is 11.0 Å². The highest BCUT2D eigenvalue weighted by atomic mass is 32.2. The van der Waals surface area contributed by atoms with Crippen LogP contribution in [0.2, 0.25) is 0 Å². The summed E-state index contributed by atoms with van der Waals surface area (Å²) in [7, 11) is -6.54. The molecule has 1 aliphatic rings. The second-order valence-electron chi connectivity index (χ2n) is 8.71. The van der Waals surface area contributed by atoms with Crippen LogP contribution in [0.4, 0.5) is 17.1 Å². The quantitative estimate of drug-likeness (QED) is 0.311. The molecule has 0 bridgehead atoms. The molecule has 4 rings (SSSR count). The number of anilines is 3. The van der Waals surface area contributed by atoms with Gasteiger partial charge in [-0.05, 0) is 42.0 Å². The van der Waals surface area contributed by atoms with Gasteiger partial charge in [0.2, 0.25) is 15.9 Å². The van der Waals surface area contributed by atoms with Crippen LogP contribution >= 0.6 is 0 Å². The molecule has 0 radical (unpaired) electrons. The van der Waals surface area contributed by atoms with Gasteiger partial charge >= 0.3 is 0 Å². The minimum Gasteiger partial charge on any atom is -0.495 e. The number of nitrogens with zero attached hydrogens (tertiary/aromatic N) is 1. The summed E-state index contributed by atoms with van der Waals surface area (Å²) < 4.78 is 66.6. The largest absolute Gasteiger partial charge is 0.495 e. The number of ether oxygens (including phenoxy) is 2. The predicted molar refractivity (Wildman–Crippen MR) is 154 cm³/mol. The van der Waals surface area contributed by atoms with Crippen LogP contribution in [0.5, 0.6) is 5.75 Å². The number of carbonyl (C=O) groups excluding carboxylic acids is 1. The fraction of sp³-hybridized carbons (Fsp3) is 0.222. The van der Waals surface area contributed by atoms with Crippen LogP contribution in [0, 0.1) is 0 Å². The lowest BCUT2D eigenvalue weighted by Gasteiger charge is -2.30. The van der Waals surface area contributed by atoms with Gasteiger partial charge in [0.1, 0.15) is 5.75 Å². The number of benzene rings is 3. The molecule has 1 aliphatic heterocycles. The van der Waals surface area contributed by atoms with E-state index in [2.05, 4.69) is 14.8 Å². The van der Waals surface area contributed by atoms with Gasteiger partial charge in [0.25, 0.3) is 10.0 Å². The average molecular weight is 587 g/mol. The van der Waals surface area contributed by atoms with Crippen LogP contribution in [0.25, 0.3) is 6.08 Å². The molecular formula is C27H30N4O7S2. The molecule has 13 heteroatoms. The molecule has 1 fully saturated rings. The van der Waals surface area contributed by atoms with Crippen molar-refractivity contribution >= 4 is 49.1 Å². The van der Waals surface area contributed by atoms with E-state index in [0.29, 0.717) is 43.3 Å². The van der Waals surface area contributed by atoms with Crippen molar-refractivity contribution in [2.45, 2.75) is 4.90 Å². The Morgan fingerprint density at radius 3 is 2.38 bits per heavy atom. The number of amides is 1. The number of para-hydroxylation sites is 2. The number of rotatable bonds is 11. The van der Waals surface area contributed by atoms with E-state index in [0.717, 1.165) is 5.41 Å². The van der Waals surface area contributed by atoms with Crippen LogP contribution in [-0.2, 0) is 29.6 Å². The lowest BCUT2D eigenvalue weighted by molar-refractivity contribution is -0.115. The van der Waals surface area contributed by atoms with Crippen molar-refractivity contribution in [1.29, 1.82) is 0 Å². The number of hydrogen-bond acceptors (Lipinski definition) is 8. The summed E-state index contributed by atoms with van der Waals surface area (Å²) in [5.74, 6) is -0.323. The van der Waals surface area contributed by atoms with E-state index in [-0.39, 0.29) is 16.3 Å². The number of morpholine rings is 1. The van der Waals surface area contributed by atoms with Gasteiger partial charge in [0.15, 0.2) is 0 Å². The van der Waals surface area contributed by atoms with Gasteiger partial charge < -0.3 is 19.7 Å². The van der Waals surface area contributed by atoms with E-state index in [4.69, 9.17) is 9.47 Å². The summed E-state index contributed by atoms with van der Waals surface area (Å²) in [6.07, 6.45) is 1.42. The number of methoxy groups -OCH3 is 1. The molecule has 0 aromatic heterocycles.